The minimum Gasteiger partial charge on any atom is -0.490 e. The minimum atomic E-state index is 0.0149. The van der Waals surface area contributed by atoms with Crippen molar-refractivity contribution in [2.75, 3.05) is 13.2 Å². The van der Waals surface area contributed by atoms with E-state index in [1.807, 2.05) is 61.0 Å². The monoisotopic (exact) mass is 312 g/mol. The van der Waals surface area contributed by atoms with E-state index in [1.54, 1.807) is 0 Å². The molecule has 0 aliphatic rings. The molecule has 0 saturated carbocycles. The molecule has 23 heavy (non-hydrogen) atoms. The molecule has 120 valence electrons. The van der Waals surface area contributed by atoms with Crippen molar-refractivity contribution in [1.29, 1.82) is 0 Å². The fourth-order valence-corrected chi connectivity index (χ4v) is 2.48. The van der Waals surface area contributed by atoms with Gasteiger partial charge < -0.3 is 19.0 Å². The van der Waals surface area contributed by atoms with Crippen molar-refractivity contribution in [2.45, 2.75) is 20.5 Å². The molecule has 0 aliphatic carbocycles. The van der Waals surface area contributed by atoms with Gasteiger partial charge in [0.15, 0.2) is 11.5 Å². The van der Waals surface area contributed by atoms with E-state index in [1.165, 1.54) is 0 Å². The fraction of sp³-hybridized carbons (Fsp3) is 0.278. The first-order chi connectivity index (χ1) is 11.2. The second kappa shape index (κ2) is 6.71. The van der Waals surface area contributed by atoms with E-state index < -0.39 is 0 Å². The summed E-state index contributed by atoms with van der Waals surface area (Å²) in [5, 5.41) is 9.23. The first-order valence-electron chi connectivity index (χ1n) is 7.73. The summed E-state index contributed by atoms with van der Waals surface area (Å²) in [6.45, 7) is 5.08. The number of aromatic nitrogens is 2. The third kappa shape index (κ3) is 3.14. The van der Waals surface area contributed by atoms with Gasteiger partial charge in [-0.05, 0) is 43.7 Å². The highest BCUT2D eigenvalue weighted by molar-refractivity contribution is 5.66. The van der Waals surface area contributed by atoms with Crippen LogP contribution in [0.5, 0.6) is 11.5 Å². The lowest BCUT2D eigenvalue weighted by molar-refractivity contribution is 0.281. The molecule has 5 heteroatoms. The highest BCUT2D eigenvalue weighted by Crippen LogP contribution is 2.32. The van der Waals surface area contributed by atoms with E-state index in [9.17, 15) is 5.11 Å². The van der Waals surface area contributed by atoms with Gasteiger partial charge >= 0.3 is 0 Å². The van der Waals surface area contributed by atoms with Gasteiger partial charge in [-0.1, -0.05) is 6.07 Å². The van der Waals surface area contributed by atoms with Crippen molar-refractivity contribution in [1.82, 2.24) is 9.38 Å². The molecule has 3 aromatic rings. The average Bonchev–Trinajstić information content (AvgIpc) is 2.99. The lowest BCUT2D eigenvalue weighted by Crippen LogP contribution is -1.98. The molecular formula is C18H20N2O3. The van der Waals surface area contributed by atoms with Crippen LogP contribution in [-0.4, -0.2) is 27.7 Å². The average molecular weight is 312 g/mol. The number of benzene rings is 1. The first-order valence-corrected chi connectivity index (χ1v) is 7.73. The maximum Gasteiger partial charge on any atom is 0.161 e. The molecule has 0 radical (unpaired) electrons. The SMILES string of the molecule is CCOc1ccc(-c2cn3cc(CO)ccc3n2)cc1OCC. The number of pyridine rings is 1. The molecule has 0 fully saturated rings. The largest absolute Gasteiger partial charge is 0.490 e. The number of nitrogens with zero attached hydrogens (tertiary/aromatic N) is 2. The van der Waals surface area contributed by atoms with E-state index in [2.05, 4.69) is 4.98 Å². The number of hydrogen-bond donors (Lipinski definition) is 1. The van der Waals surface area contributed by atoms with Crippen molar-refractivity contribution in [3.8, 4) is 22.8 Å². The lowest BCUT2D eigenvalue weighted by atomic mass is 10.1. The second-order valence-electron chi connectivity index (χ2n) is 5.11. The molecule has 1 N–H and O–H groups in total. The molecule has 3 rings (SSSR count). The molecule has 2 aromatic heterocycles. The Bertz CT molecular complexity index is 811. The zero-order valence-corrected chi connectivity index (χ0v) is 13.3. The molecule has 0 unspecified atom stereocenters. The summed E-state index contributed by atoms with van der Waals surface area (Å²) in [6, 6.07) is 9.60. The zero-order chi connectivity index (χ0) is 16.2. The third-order valence-electron chi connectivity index (χ3n) is 3.53. The standard InChI is InChI=1S/C18H20N2O3/c1-3-22-16-7-6-14(9-17(16)23-4-2)15-11-20-10-13(12-21)5-8-18(20)19-15/h5-11,21H,3-4,12H2,1-2H3. The Balaban J connectivity index is 2.01. The summed E-state index contributed by atoms with van der Waals surface area (Å²) in [7, 11) is 0. The zero-order valence-electron chi connectivity index (χ0n) is 13.3. The van der Waals surface area contributed by atoms with Gasteiger partial charge in [-0.25, -0.2) is 4.98 Å². The molecule has 0 bridgehead atoms. The highest BCUT2D eigenvalue weighted by atomic mass is 16.5. The predicted molar refractivity (Wildman–Crippen MR) is 88.9 cm³/mol. The van der Waals surface area contributed by atoms with Gasteiger partial charge in [-0.2, -0.15) is 0 Å². The number of aliphatic hydroxyl groups excluding tert-OH is 1. The van der Waals surface area contributed by atoms with E-state index in [0.717, 1.165) is 34.0 Å². The molecule has 0 saturated heterocycles. The molecule has 0 spiro atoms. The molecule has 0 aliphatic heterocycles. The molecule has 0 amide bonds. The molecule has 0 atom stereocenters. The Kier molecular flexibility index (Phi) is 4.48. The maximum atomic E-state index is 9.23. The van der Waals surface area contributed by atoms with Gasteiger partial charge in [0, 0.05) is 18.0 Å². The lowest BCUT2D eigenvalue weighted by Gasteiger charge is -2.11. The smallest absolute Gasteiger partial charge is 0.161 e. The van der Waals surface area contributed by atoms with Crippen LogP contribution in [0, 0.1) is 0 Å². The summed E-state index contributed by atoms with van der Waals surface area (Å²) < 4.78 is 13.2. The highest BCUT2D eigenvalue weighted by Gasteiger charge is 2.10. The Morgan fingerprint density at radius 3 is 2.52 bits per heavy atom. The van der Waals surface area contributed by atoms with E-state index in [4.69, 9.17) is 9.47 Å². The number of imidazole rings is 1. The number of fused-ring (bicyclic) bond motifs is 1. The molecular weight excluding hydrogens is 292 g/mol. The van der Waals surface area contributed by atoms with Crippen LogP contribution in [-0.2, 0) is 6.61 Å². The Labute approximate surface area is 135 Å². The Hall–Kier alpha value is -2.53. The van der Waals surface area contributed by atoms with Gasteiger partial charge in [0.2, 0.25) is 0 Å². The van der Waals surface area contributed by atoms with Gasteiger partial charge in [0.1, 0.15) is 5.65 Å². The van der Waals surface area contributed by atoms with Crippen LogP contribution in [0.1, 0.15) is 19.4 Å². The third-order valence-corrected chi connectivity index (χ3v) is 3.53. The van der Waals surface area contributed by atoms with Crippen molar-refractivity contribution in [3.05, 3.63) is 48.3 Å². The Morgan fingerprint density at radius 1 is 1.00 bits per heavy atom. The summed E-state index contributed by atoms with van der Waals surface area (Å²) >= 11 is 0. The van der Waals surface area contributed by atoms with Gasteiger partial charge in [-0.3, -0.25) is 0 Å². The molecule has 1 aromatic carbocycles. The van der Waals surface area contributed by atoms with E-state index in [0.29, 0.717) is 13.2 Å². The van der Waals surface area contributed by atoms with Crippen LogP contribution in [0.3, 0.4) is 0 Å². The summed E-state index contributed by atoms with van der Waals surface area (Å²) in [5.41, 5.74) is 3.50. The van der Waals surface area contributed by atoms with Crippen molar-refractivity contribution in [2.24, 2.45) is 0 Å². The summed E-state index contributed by atoms with van der Waals surface area (Å²) in [4.78, 5) is 4.62. The minimum absolute atomic E-state index is 0.0149. The van der Waals surface area contributed by atoms with Crippen LogP contribution in [0.2, 0.25) is 0 Å². The Morgan fingerprint density at radius 2 is 1.78 bits per heavy atom. The summed E-state index contributed by atoms with van der Waals surface area (Å²) in [6.07, 6.45) is 3.82. The normalized spacial score (nSPS) is 10.9. The maximum absolute atomic E-state index is 9.23. The van der Waals surface area contributed by atoms with Crippen LogP contribution >= 0.6 is 0 Å². The predicted octanol–water partition coefficient (Wildman–Crippen LogP) is 3.29. The number of ether oxygens (including phenoxy) is 2. The van der Waals surface area contributed by atoms with E-state index in [-0.39, 0.29) is 6.61 Å². The van der Waals surface area contributed by atoms with Crippen molar-refractivity contribution in [3.63, 3.8) is 0 Å². The first kappa shape index (κ1) is 15.4. The second-order valence-corrected chi connectivity index (χ2v) is 5.11. The fourth-order valence-electron chi connectivity index (χ4n) is 2.48. The van der Waals surface area contributed by atoms with Crippen LogP contribution in [0.4, 0.5) is 0 Å². The van der Waals surface area contributed by atoms with Gasteiger partial charge in [0.05, 0.1) is 25.5 Å². The van der Waals surface area contributed by atoms with E-state index >= 15 is 0 Å². The van der Waals surface area contributed by atoms with Crippen LogP contribution in [0.15, 0.2) is 42.7 Å². The molecule has 2 heterocycles. The summed E-state index contributed by atoms with van der Waals surface area (Å²) in [5.74, 6) is 1.46. The molecule has 5 nitrogen and oxygen atoms in total. The van der Waals surface area contributed by atoms with Crippen molar-refractivity contribution >= 4 is 5.65 Å². The number of aliphatic hydroxyl groups is 1. The van der Waals surface area contributed by atoms with Gasteiger partial charge in [-0.15, -0.1) is 0 Å². The quantitative estimate of drug-likeness (QED) is 0.759. The van der Waals surface area contributed by atoms with Crippen LogP contribution < -0.4 is 9.47 Å². The topological polar surface area (TPSA) is 56.0 Å². The van der Waals surface area contributed by atoms with Gasteiger partial charge in [0.25, 0.3) is 0 Å². The number of hydrogen-bond acceptors (Lipinski definition) is 4. The van der Waals surface area contributed by atoms with Crippen LogP contribution in [0.25, 0.3) is 16.9 Å². The van der Waals surface area contributed by atoms with Crippen molar-refractivity contribution < 1.29 is 14.6 Å². The number of rotatable bonds is 6.